The van der Waals surface area contributed by atoms with Gasteiger partial charge >= 0.3 is 0 Å². The number of pyridine rings is 1. The van der Waals surface area contributed by atoms with Crippen LogP contribution in [0.4, 0.5) is 0 Å². The minimum atomic E-state index is 1.02. The van der Waals surface area contributed by atoms with Gasteiger partial charge in [-0.3, -0.25) is 4.98 Å². The van der Waals surface area contributed by atoms with Crippen LogP contribution in [0.3, 0.4) is 0 Å². The minimum absolute atomic E-state index is 1.02. The quantitative estimate of drug-likeness (QED) is 0.651. The third kappa shape index (κ3) is 1.39. The monoisotopic (exact) mass is 208 g/mol. The normalized spacial score (nSPS) is 10.8. The molecule has 0 saturated carbocycles. The van der Waals surface area contributed by atoms with Gasteiger partial charge in [-0.1, -0.05) is 30.3 Å². The predicted molar refractivity (Wildman–Crippen MR) is 66.3 cm³/mol. The van der Waals surface area contributed by atoms with Crippen LogP contribution in [-0.2, 0) is 0 Å². The Kier molecular flexibility index (Phi) is 2.00. The fourth-order valence-corrected chi connectivity index (χ4v) is 1.93. The van der Waals surface area contributed by atoms with Crippen LogP contribution in [0.25, 0.3) is 22.2 Å². The lowest BCUT2D eigenvalue weighted by Crippen LogP contribution is -1.82. The van der Waals surface area contributed by atoms with Crippen molar-refractivity contribution in [3.8, 4) is 11.3 Å². The second-order valence-corrected chi connectivity index (χ2v) is 3.95. The van der Waals surface area contributed by atoms with Gasteiger partial charge in [0.15, 0.2) is 0 Å². The maximum Gasteiger partial charge on any atom is 0.0709 e. The van der Waals surface area contributed by atoms with Crippen LogP contribution in [0.5, 0.6) is 0 Å². The lowest BCUT2D eigenvalue weighted by Gasteiger charge is -2.00. The van der Waals surface area contributed by atoms with E-state index in [4.69, 9.17) is 0 Å². The molecule has 0 amide bonds. The first kappa shape index (κ1) is 9.16. The van der Waals surface area contributed by atoms with E-state index in [9.17, 15) is 0 Å². The highest BCUT2D eigenvalue weighted by Crippen LogP contribution is 2.23. The molecule has 0 saturated heterocycles. The maximum absolute atomic E-state index is 4.46. The van der Waals surface area contributed by atoms with Crippen LogP contribution in [0.15, 0.2) is 48.8 Å². The van der Waals surface area contributed by atoms with Gasteiger partial charge in [-0.15, -0.1) is 0 Å². The second-order valence-electron chi connectivity index (χ2n) is 3.95. The molecule has 3 aromatic rings. The average molecular weight is 208 g/mol. The minimum Gasteiger partial charge on any atom is -0.360 e. The van der Waals surface area contributed by atoms with Crippen molar-refractivity contribution in [1.29, 1.82) is 0 Å². The molecule has 78 valence electrons. The fraction of sp³-hybridized carbons (Fsp3) is 0.0714. The second kappa shape index (κ2) is 3.49. The number of aromatic amines is 1. The Labute approximate surface area is 94.0 Å². The van der Waals surface area contributed by atoms with Gasteiger partial charge in [-0.05, 0) is 18.6 Å². The van der Waals surface area contributed by atoms with Crippen LogP contribution < -0.4 is 0 Å². The molecule has 0 aliphatic heterocycles. The van der Waals surface area contributed by atoms with E-state index in [2.05, 4.69) is 35.1 Å². The molecule has 0 spiro atoms. The first-order valence-corrected chi connectivity index (χ1v) is 5.34. The fourth-order valence-electron chi connectivity index (χ4n) is 1.93. The number of aryl methyl sites for hydroxylation is 1. The number of aromatic nitrogens is 2. The van der Waals surface area contributed by atoms with Gasteiger partial charge in [0.1, 0.15) is 0 Å². The van der Waals surface area contributed by atoms with Gasteiger partial charge in [-0.25, -0.2) is 0 Å². The van der Waals surface area contributed by atoms with E-state index in [0.717, 1.165) is 16.8 Å². The summed E-state index contributed by atoms with van der Waals surface area (Å²) < 4.78 is 0. The molecule has 0 unspecified atom stereocenters. The molecule has 0 aliphatic rings. The molecule has 1 aromatic carbocycles. The summed E-state index contributed by atoms with van der Waals surface area (Å²) in [5, 5.41) is 1.24. The molecule has 3 rings (SSSR count). The SMILES string of the molecule is Cc1c[nH]c2cnc(-c3ccccc3)cc12. The number of rotatable bonds is 1. The topological polar surface area (TPSA) is 28.7 Å². The third-order valence-electron chi connectivity index (χ3n) is 2.84. The molecule has 0 bridgehead atoms. The van der Waals surface area contributed by atoms with E-state index in [1.807, 2.05) is 30.6 Å². The van der Waals surface area contributed by atoms with E-state index < -0.39 is 0 Å². The van der Waals surface area contributed by atoms with Crippen molar-refractivity contribution < 1.29 is 0 Å². The summed E-state index contributed by atoms with van der Waals surface area (Å²) in [6.45, 7) is 2.10. The molecular weight excluding hydrogens is 196 g/mol. The molecular formula is C14H12N2. The number of hydrogen-bond donors (Lipinski definition) is 1. The summed E-state index contributed by atoms with van der Waals surface area (Å²) in [7, 11) is 0. The number of fused-ring (bicyclic) bond motifs is 1. The van der Waals surface area contributed by atoms with E-state index >= 15 is 0 Å². The lowest BCUT2D eigenvalue weighted by atomic mass is 10.1. The van der Waals surface area contributed by atoms with Crippen LogP contribution >= 0.6 is 0 Å². The predicted octanol–water partition coefficient (Wildman–Crippen LogP) is 3.54. The summed E-state index contributed by atoms with van der Waals surface area (Å²) in [6, 6.07) is 12.4. The van der Waals surface area contributed by atoms with Crippen molar-refractivity contribution in [3.05, 3.63) is 54.4 Å². The van der Waals surface area contributed by atoms with Gasteiger partial charge in [0, 0.05) is 17.1 Å². The Morgan fingerprint density at radius 1 is 1.12 bits per heavy atom. The van der Waals surface area contributed by atoms with E-state index in [1.54, 1.807) is 0 Å². The first-order valence-electron chi connectivity index (χ1n) is 5.34. The standard InChI is InChI=1S/C14H12N2/c1-10-8-15-14-9-16-13(7-12(10)14)11-5-3-2-4-6-11/h2-9,15H,1H3. The lowest BCUT2D eigenvalue weighted by molar-refractivity contribution is 1.33. The molecule has 0 aliphatic carbocycles. The largest absolute Gasteiger partial charge is 0.360 e. The Hall–Kier alpha value is -2.09. The molecule has 2 heterocycles. The maximum atomic E-state index is 4.46. The van der Waals surface area contributed by atoms with Crippen molar-refractivity contribution in [2.24, 2.45) is 0 Å². The summed E-state index contributed by atoms with van der Waals surface area (Å²) in [4.78, 5) is 7.66. The van der Waals surface area contributed by atoms with Crippen molar-refractivity contribution in [1.82, 2.24) is 9.97 Å². The van der Waals surface area contributed by atoms with Gasteiger partial charge in [0.05, 0.1) is 17.4 Å². The number of H-pyrrole nitrogens is 1. The van der Waals surface area contributed by atoms with Gasteiger partial charge in [0.2, 0.25) is 0 Å². The highest BCUT2D eigenvalue weighted by Gasteiger charge is 2.03. The zero-order valence-electron chi connectivity index (χ0n) is 9.07. The van der Waals surface area contributed by atoms with E-state index in [0.29, 0.717) is 0 Å². The molecule has 0 radical (unpaired) electrons. The van der Waals surface area contributed by atoms with Crippen LogP contribution in [0.2, 0.25) is 0 Å². The summed E-state index contributed by atoms with van der Waals surface area (Å²) >= 11 is 0. The van der Waals surface area contributed by atoms with Crippen LogP contribution in [0, 0.1) is 6.92 Å². The highest BCUT2D eigenvalue weighted by atomic mass is 14.7. The van der Waals surface area contributed by atoms with E-state index in [-0.39, 0.29) is 0 Å². The Morgan fingerprint density at radius 3 is 2.75 bits per heavy atom. The van der Waals surface area contributed by atoms with Crippen molar-refractivity contribution in [3.63, 3.8) is 0 Å². The molecule has 0 atom stereocenters. The van der Waals surface area contributed by atoms with E-state index in [1.165, 1.54) is 10.9 Å². The zero-order valence-corrected chi connectivity index (χ0v) is 9.07. The zero-order chi connectivity index (χ0) is 11.0. The molecule has 2 nitrogen and oxygen atoms in total. The Bertz CT molecular complexity index is 624. The Balaban J connectivity index is 2.22. The number of nitrogens with one attached hydrogen (secondary N) is 1. The number of benzene rings is 1. The van der Waals surface area contributed by atoms with Crippen molar-refractivity contribution in [2.75, 3.05) is 0 Å². The van der Waals surface area contributed by atoms with Gasteiger partial charge < -0.3 is 4.98 Å². The van der Waals surface area contributed by atoms with Gasteiger partial charge in [0.25, 0.3) is 0 Å². The van der Waals surface area contributed by atoms with Crippen LogP contribution in [0.1, 0.15) is 5.56 Å². The molecule has 2 aromatic heterocycles. The summed E-state index contributed by atoms with van der Waals surface area (Å²) in [5.74, 6) is 0. The summed E-state index contributed by atoms with van der Waals surface area (Å²) in [6.07, 6.45) is 3.91. The molecule has 16 heavy (non-hydrogen) atoms. The average Bonchev–Trinajstić information content (AvgIpc) is 2.72. The smallest absolute Gasteiger partial charge is 0.0709 e. The third-order valence-corrected chi connectivity index (χ3v) is 2.84. The first-order chi connectivity index (χ1) is 7.84. The molecule has 0 fully saturated rings. The van der Waals surface area contributed by atoms with Crippen molar-refractivity contribution in [2.45, 2.75) is 6.92 Å². The highest BCUT2D eigenvalue weighted by molar-refractivity contribution is 5.85. The van der Waals surface area contributed by atoms with Crippen LogP contribution in [-0.4, -0.2) is 9.97 Å². The van der Waals surface area contributed by atoms with Crippen molar-refractivity contribution >= 4 is 10.9 Å². The molecule has 1 N–H and O–H groups in total. The number of hydrogen-bond acceptors (Lipinski definition) is 1. The summed E-state index contributed by atoms with van der Waals surface area (Å²) in [5.41, 5.74) is 4.53. The molecule has 2 heteroatoms. The number of nitrogens with zero attached hydrogens (tertiary/aromatic N) is 1. The van der Waals surface area contributed by atoms with Gasteiger partial charge in [-0.2, -0.15) is 0 Å². The Morgan fingerprint density at radius 2 is 1.94 bits per heavy atom.